The molecule has 0 fully saturated rings. The minimum absolute atomic E-state index is 0.0204. The highest BCUT2D eigenvalue weighted by Gasteiger charge is 2.14. The Labute approximate surface area is 101 Å². The molecule has 0 saturated carbocycles. The zero-order valence-corrected chi connectivity index (χ0v) is 10.4. The van der Waals surface area contributed by atoms with E-state index >= 15 is 0 Å². The van der Waals surface area contributed by atoms with Crippen LogP contribution in [-0.2, 0) is 16.5 Å². The second kappa shape index (κ2) is 4.47. The first kappa shape index (κ1) is 12.1. The summed E-state index contributed by atoms with van der Waals surface area (Å²) in [6.07, 6.45) is 1.89. The number of rotatable bonds is 3. The van der Waals surface area contributed by atoms with Crippen molar-refractivity contribution in [2.75, 3.05) is 0 Å². The van der Waals surface area contributed by atoms with Crippen LogP contribution in [0.4, 0.5) is 0 Å². The lowest BCUT2D eigenvalue weighted by atomic mass is 10.0. The van der Waals surface area contributed by atoms with Gasteiger partial charge in [0.15, 0.2) is 0 Å². The van der Waals surface area contributed by atoms with Gasteiger partial charge in [-0.25, -0.2) is 0 Å². The van der Waals surface area contributed by atoms with Crippen LogP contribution >= 0.6 is 0 Å². The Bertz CT molecular complexity index is 645. The van der Waals surface area contributed by atoms with Gasteiger partial charge in [-0.2, -0.15) is 8.42 Å². The average Bonchev–Trinajstić information content (AvgIpc) is 2.28. The molecule has 0 spiro atoms. The van der Waals surface area contributed by atoms with Gasteiger partial charge in [-0.05, 0) is 23.4 Å². The molecule has 3 nitrogen and oxygen atoms in total. The molecule has 2 rings (SSSR count). The van der Waals surface area contributed by atoms with Gasteiger partial charge in [-0.1, -0.05) is 43.7 Å². The van der Waals surface area contributed by atoms with E-state index in [1.165, 1.54) is 6.07 Å². The standard InChI is InChI=1S/C13H14O3S/c1-2-5-10-6-3-8-12-11(10)7-4-9-13(12)17(14,15)16/h3-4,6-9H,2,5H2,1H3,(H,14,15,16). The molecule has 0 saturated heterocycles. The predicted molar refractivity (Wildman–Crippen MR) is 67.8 cm³/mol. The predicted octanol–water partition coefficient (Wildman–Crippen LogP) is 3.04. The Hall–Kier alpha value is -1.39. The number of hydrogen-bond donors (Lipinski definition) is 1. The van der Waals surface area contributed by atoms with Crippen LogP contribution < -0.4 is 0 Å². The van der Waals surface area contributed by atoms with E-state index in [2.05, 4.69) is 6.92 Å². The van der Waals surface area contributed by atoms with E-state index in [9.17, 15) is 13.0 Å². The van der Waals surface area contributed by atoms with Crippen LogP contribution in [0.2, 0.25) is 0 Å². The molecule has 0 amide bonds. The summed E-state index contributed by atoms with van der Waals surface area (Å²) >= 11 is 0. The Morgan fingerprint density at radius 3 is 2.35 bits per heavy atom. The minimum Gasteiger partial charge on any atom is -0.282 e. The van der Waals surface area contributed by atoms with E-state index in [1.54, 1.807) is 12.1 Å². The SMILES string of the molecule is CCCc1cccc2c(S(=O)(=O)O)cccc12. The molecule has 0 aliphatic rings. The summed E-state index contributed by atoms with van der Waals surface area (Å²) in [7, 11) is -4.16. The first-order valence-electron chi connectivity index (χ1n) is 5.52. The molecular formula is C13H14O3S. The van der Waals surface area contributed by atoms with Gasteiger partial charge < -0.3 is 0 Å². The van der Waals surface area contributed by atoms with E-state index < -0.39 is 10.1 Å². The summed E-state index contributed by atoms with van der Waals surface area (Å²) in [6.45, 7) is 2.07. The zero-order chi connectivity index (χ0) is 12.5. The molecule has 0 aromatic heterocycles. The summed E-state index contributed by atoms with van der Waals surface area (Å²) in [5.74, 6) is 0. The molecule has 2 aromatic carbocycles. The van der Waals surface area contributed by atoms with Crippen molar-refractivity contribution < 1.29 is 13.0 Å². The molecule has 17 heavy (non-hydrogen) atoms. The van der Waals surface area contributed by atoms with Crippen molar-refractivity contribution in [1.29, 1.82) is 0 Å². The summed E-state index contributed by atoms with van der Waals surface area (Å²) in [5, 5.41) is 1.48. The maximum absolute atomic E-state index is 11.3. The summed E-state index contributed by atoms with van der Waals surface area (Å²) in [5.41, 5.74) is 1.11. The summed E-state index contributed by atoms with van der Waals surface area (Å²) in [4.78, 5) is -0.0204. The van der Waals surface area contributed by atoms with E-state index in [4.69, 9.17) is 0 Å². The Morgan fingerprint density at radius 1 is 1.06 bits per heavy atom. The number of aryl methyl sites for hydroxylation is 1. The fraction of sp³-hybridized carbons (Fsp3) is 0.231. The van der Waals surface area contributed by atoms with Crippen molar-refractivity contribution in [2.45, 2.75) is 24.7 Å². The maximum Gasteiger partial charge on any atom is 0.295 e. The first-order chi connectivity index (χ1) is 8.04. The average molecular weight is 250 g/mol. The van der Waals surface area contributed by atoms with Gasteiger partial charge >= 0.3 is 0 Å². The Kier molecular flexibility index (Phi) is 3.17. The van der Waals surface area contributed by atoms with Crippen LogP contribution in [0.5, 0.6) is 0 Å². The molecule has 90 valence electrons. The fourth-order valence-electron chi connectivity index (χ4n) is 2.06. The third-order valence-electron chi connectivity index (χ3n) is 2.77. The van der Waals surface area contributed by atoms with Crippen molar-refractivity contribution in [1.82, 2.24) is 0 Å². The normalized spacial score (nSPS) is 11.9. The molecule has 0 aliphatic carbocycles. The van der Waals surface area contributed by atoms with E-state index in [-0.39, 0.29) is 4.90 Å². The molecule has 1 N–H and O–H groups in total. The van der Waals surface area contributed by atoms with Gasteiger partial charge in [0.2, 0.25) is 0 Å². The Morgan fingerprint density at radius 2 is 1.71 bits per heavy atom. The first-order valence-corrected chi connectivity index (χ1v) is 6.96. The number of hydrogen-bond acceptors (Lipinski definition) is 2. The van der Waals surface area contributed by atoms with Crippen LogP contribution in [0.25, 0.3) is 10.8 Å². The molecule has 0 radical (unpaired) electrons. The second-order valence-electron chi connectivity index (χ2n) is 3.99. The van der Waals surface area contributed by atoms with Gasteiger partial charge in [0.05, 0.1) is 0 Å². The quantitative estimate of drug-likeness (QED) is 0.852. The van der Waals surface area contributed by atoms with Gasteiger partial charge in [-0.3, -0.25) is 4.55 Å². The molecule has 2 aromatic rings. The third-order valence-corrected chi connectivity index (χ3v) is 3.68. The highest BCUT2D eigenvalue weighted by Crippen LogP contribution is 2.26. The van der Waals surface area contributed by atoms with Crippen LogP contribution in [0.1, 0.15) is 18.9 Å². The van der Waals surface area contributed by atoms with Gasteiger partial charge in [0.1, 0.15) is 4.90 Å². The van der Waals surface area contributed by atoms with Crippen LogP contribution in [0.15, 0.2) is 41.3 Å². The highest BCUT2D eigenvalue weighted by molar-refractivity contribution is 7.86. The maximum atomic E-state index is 11.3. The third kappa shape index (κ3) is 2.33. The van der Waals surface area contributed by atoms with Crippen molar-refractivity contribution in [3.8, 4) is 0 Å². The van der Waals surface area contributed by atoms with E-state index in [0.717, 1.165) is 23.8 Å². The molecule has 0 bridgehead atoms. The van der Waals surface area contributed by atoms with Crippen molar-refractivity contribution in [3.63, 3.8) is 0 Å². The molecular weight excluding hydrogens is 236 g/mol. The lowest BCUT2D eigenvalue weighted by Crippen LogP contribution is -1.99. The lowest BCUT2D eigenvalue weighted by Gasteiger charge is -2.08. The number of fused-ring (bicyclic) bond motifs is 1. The minimum atomic E-state index is -4.16. The lowest BCUT2D eigenvalue weighted by molar-refractivity contribution is 0.484. The second-order valence-corrected chi connectivity index (χ2v) is 5.38. The zero-order valence-electron chi connectivity index (χ0n) is 9.55. The van der Waals surface area contributed by atoms with Gasteiger partial charge in [0, 0.05) is 5.39 Å². The Balaban J connectivity index is 2.79. The van der Waals surface area contributed by atoms with Crippen LogP contribution in [0.3, 0.4) is 0 Å². The van der Waals surface area contributed by atoms with Crippen molar-refractivity contribution in [3.05, 3.63) is 42.0 Å². The van der Waals surface area contributed by atoms with Crippen molar-refractivity contribution in [2.24, 2.45) is 0 Å². The largest absolute Gasteiger partial charge is 0.295 e. The van der Waals surface area contributed by atoms with E-state index in [0.29, 0.717) is 5.39 Å². The van der Waals surface area contributed by atoms with Crippen LogP contribution in [-0.4, -0.2) is 13.0 Å². The molecule has 0 aliphatic heterocycles. The fourth-order valence-corrected chi connectivity index (χ4v) is 2.76. The van der Waals surface area contributed by atoms with E-state index in [1.807, 2.05) is 18.2 Å². The van der Waals surface area contributed by atoms with Crippen LogP contribution in [0, 0.1) is 0 Å². The number of benzene rings is 2. The molecule has 4 heteroatoms. The van der Waals surface area contributed by atoms with Gasteiger partial charge in [0.25, 0.3) is 10.1 Å². The summed E-state index contributed by atoms with van der Waals surface area (Å²) < 4.78 is 31.7. The summed E-state index contributed by atoms with van der Waals surface area (Å²) in [6, 6.07) is 10.5. The molecule has 0 heterocycles. The van der Waals surface area contributed by atoms with Gasteiger partial charge in [-0.15, -0.1) is 0 Å². The topological polar surface area (TPSA) is 54.4 Å². The smallest absolute Gasteiger partial charge is 0.282 e. The highest BCUT2D eigenvalue weighted by atomic mass is 32.2. The monoisotopic (exact) mass is 250 g/mol. The molecule has 0 atom stereocenters. The van der Waals surface area contributed by atoms with Crippen molar-refractivity contribution >= 4 is 20.9 Å². The molecule has 0 unspecified atom stereocenters.